The van der Waals surface area contributed by atoms with Gasteiger partial charge in [0, 0.05) is 31.4 Å². The van der Waals surface area contributed by atoms with Crippen molar-refractivity contribution >= 4 is 17.1 Å². The number of anilines is 2. The third-order valence-corrected chi connectivity index (χ3v) is 2.65. The van der Waals surface area contributed by atoms with Crippen LogP contribution in [0.3, 0.4) is 0 Å². The van der Waals surface area contributed by atoms with Crippen LogP contribution < -0.4 is 11.2 Å². The smallest absolute Gasteiger partial charge is 0.398 e. The molecule has 0 bridgehead atoms. The number of halogens is 3. The molecule has 0 aliphatic carbocycles. The number of hydrogen-bond donors (Lipinski definition) is 2. The SMILES string of the molecule is CCc1c(N)c(C(F)(F)F)cc([N+](=O)[O-])c1NN(C)C. The molecule has 0 aromatic heterocycles. The molecule has 0 saturated carbocycles. The Labute approximate surface area is 113 Å². The Balaban J connectivity index is 3.67. The molecule has 0 saturated heterocycles. The number of benzene rings is 1. The van der Waals surface area contributed by atoms with Crippen molar-refractivity contribution in [2.45, 2.75) is 19.5 Å². The Bertz CT molecular complexity index is 529. The Morgan fingerprint density at radius 2 is 2.00 bits per heavy atom. The van der Waals surface area contributed by atoms with Crippen LogP contribution in [0.15, 0.2) is 6.07 Å². The summed E-state index contributed by atoms with van der Waals surface area (Å²) in [6.45, 7) is 1.58. The van der Waals surface area contributed by atoms with Crippen molar-refractivity contribution in [1.29, 1.82) is 0 Å². The van der Waals surface area contributed by atoms with Crippen molar-refractivity contribution < 1.29 is 18.1 Å². The number of hydrazine groups is 1. The lowest BCUT2D eigenvalue weighted by Gasteiger charge is -2.20. The first kappa shape index (κ1) is 16.0. The fourth-order valence-electron chi connectivity index (χ4n) is 1.83. The molecule has 0 amide bonds. The molecule has 9 heteroatoms. The van der Waals surface area contributed by atoms with Gasteiger partial charge in [-0.1, -0.05) is 6.92 Å². The zero-order valence-electron chi connectivity index (χ0n) is 11.2. The first-order valence-corrected chi connectivity index (χ1v) is 5.70. The summed E-state index contributed by atoms with van der Waals surface area (Å²) in [5, 5.41) is 12.4. The van der Waals surface area contributed by atoms with Gasteiger partial charge in [-0.15, -0.1) is 0 Å². The van der Waals surface area contributed by atoms with E-state index in [0.717, 1.165) is 0 Å². The zero-order valence-corrected chi connectivity index (χ0v) is 11.2. The topological polar surface area (TPSA) is 84.4 Å². The molecular weight excluding hydrogens is 277 g/mol. The summed E-state index contributed by atoms with van der Waals surface area (Å²) in [6, 6.07) is 0.459. The highest BCUT2D eigenvalue weighted by Crippen LogP contribution is 2.42. The maximum absolute atomic E-state index is 12.9. The number of nitro benzene ring substituents is 1. The van der Waals surface area contributed by atoms with Crippen LogP contribution in [0.4, 0.5) is 30.2 Å². The summed E-state index contributed by atoms with van der Waals surface area (Å²) >= 11 is 0. The number of nitrogens with one attached hydrogen (secondary N) is 1. The normalized spacial score (nSPS) is 11.8. The van der Waals surface area contributed by atoms with Crippen LogP contribution in [0.2, 0.25) is 0 Å². The molecule has 0 aliphatic heterocycles. The van der Waals surface area contributed by atoms with Crippen LogP contribution in [0.1, 0.15) is 18.1 Å². The minimum Gasteiger partial charge on any atom is -0.398 e. The average Bonchev–Trinajstić information content (AvgIpc) is 2.26. The van der Waals surface area contributed by atoms with Gasteiger partial charge >= 0.3 is 6.18 Å². The van der Waals surface area contributed by atoms with Gasteiger partial charge in [0.05, 0.1) is 10.5 Å². The Morgan fingerprint density at radius 1 is 1.45 bits per heavy atom. The second-order valence-electron chi connectivity index (χ2n) is 4.33. The van der Waals surface area contributed by atoms with Gasteiger partial charge in [0.15, 0.2) is 0 Å². The summed E-state index contributed by atoms with van der Waals surface area (Å²) in [7, 11) is 3.13. The highest BCUT2D eigenvalue weighted by molar-refractivity contribution is 5.77. The molecule has 1 aromatic carbocycles. The van der Waals surface area contributed by atoms with Crippen molar-refractivity contribution in [3.05, 3.63) is 27.3 Å². The van der Waals surface area contributed by atoms with E-state index in [0.29, 0.717) is 6.07 Å². The van der Waals surface area contributed by atoms with Gasteiger partial charge in [-0.3, -0.25) is 10.1 Å². The molecule has 0 aliphatic rings. The van der Waals surface area contributed by atoms with Crippen molar-refractivity contribution in [3.63, 3.8) is 0 Å². The molecule has 0 radical (unpaired) electrons. The predicted molar refractivity (Wildman–Crippen MR) is 69.2 cm³/mol. The van der Waals surface area contributed by atoms with E-state index < -0.39 is 28.0 Å². The summed E-state index contributed by atoms with van der Waals surface area (Å²) < 4.78 is 38.6. The zero-order chi connectivity index (χ0) is 15.7. The van der Waals surface area contributed by atoms with E-state index in [1.807, 2.05) is 0 Å². The molecule has 0 unspecified atom stereocenters. The minimum atomic E-state index is -4.74. The Kier molecular flexibility index (Phi) is 4.43. The molecular formula is C11H15F3N4O2. The third kappa shape index (κ3) is 3.10. The second kappa shape index (κ2) is 5.53. The lowest BCUT2D eigenvalue weighted by Crippen LogP contribution is -2.23. The molecule has 3 N–H and O–H groups in total. The highest BCUT2D eigenvalue weighted by Gasteiger charge is 2.37. The van der Waals surface area contributed by atoms with Crippen LogP contribution in [0.5, 0.6) is 0 Å². The first-order chi connectivity index (χ1) is 9.09. The number of nitrogens with two attached hydrogens (primary N) is 1. The third-order valence-electron chi connectivity index (χ3n) is 2.65. The summed E-state index contributed by atoms with van der Waals surface area (Å²) in [5.41, 5.74) is 5.88. The van der Waals surface area contributed by atoms with Gasteiger partial charge < -0.3 is 11.2 Å². The van der Waals surface area contributed by atoms with E-state index in [1.165, 1.54) is 5.01 Å². The van der Waals surface area contributed by atoms with Crippen molar-refractivity contribution in [3.8, 4) is 0 Å². The lowest BCUT2D eigenvalue weighted by atomic mass is 10.0. The first-order valence-electron chi connectivity index (χ1n) is 5.70. The number of rotatable bonds is 4. The molecule has 0 heterocycles. The molecule has 20 heavy (non-hydrogen) atoms. The number of nitro groups is 1. The molecule has 1 rings (SSSR count). The van der Waals surface area contributed by atoms with E-state index in [9.17, 15) is 23.3 Å². The van der Waals surface area contributed by atoms with Gasteiger partial charge in [-0.2, -0.15) is 13.2 Å². The fraction of sp³-hybridized carbons (Fsp3) is 0.455. The van der Waals surface area contributed by atoms with Crippen LogP contribution in [0.25, 0.3) is 0 Å². The fourth-order valence-corrected chi connectivity index (χ4v) is 1.83. The monoisotopic (exact) mass is 292 g/mol. The quantitative estimate of drug-likeness (QED) is 0.506. The van der Waals surface area contributed by atoms with Crippen molar-refractivity contribution in [2.24, 2.45) is 0 Å². The summed E-state index contributed by atoms with van der Waals surface area (Å²) in [5.74, 6) is 0. The summed E-state index contributed by atoms with van der Waals surface area (Å²) in [4.78, 5) is 10.1. The van der Waals surface area contributed by atoms with E-state index >= 15 is 0 Å². The largest absolute Gasteiger partial charge is 0.418 e. The van der Waals surface area contributed by atoms with Crippen LogP contribution in [-0.4, -0.2) is 24.0 Å². The van der Waals surface area contributed by atoms with Gasteiger partial charge in [-0.25, -0.2) is 5.01 Å². The Hall–Kier alpha value is -2.03. The molecule has 0 spiro atoms. The van der Waals surface area contributed by atoms with Gasteiger partial charge in [0.25, 0.3) is 5.69 Å². The number of alkyl halides is 3. The van der Waals surface area contributed by atoms with Crippen molar-refractivity contribution in [2.75, 3.05) is 25.3 Å². The number of nitrogen functional groups attached to an aromatic ring is 1. The maximum Gasteiger partial charge on any atom is 0.418 e. The van der Waals surface area contributed by atoms with Gasteiger partial charge in [-0.05, 0) is 6.42 Å². The number of hydrogen-bond acceptors (Lipinski definition) is 5. The summed E-state index contributed by atoms with van der Waals surface area (Å²) in [6.07, 6.45) is -4.61. The van der Waals surface area contributed by atoms with Crippen molar-refractivity contribution in [1.82, 2.24) is 5.01 Å². The molecule has 1 aromatic rings. The predicted octanol–water partition coefficient (Wildman–Crippen LogP) is 2.65. The highest BCUT2D eigenvalue weighted by atomic mass is 19.4. The average molecular weight is 292 g/mol. The van der Waals surface area contributed by atoms with Crippen LogP contribution >= 0.6 is 0 Å². The number of nitrogens with zero attached hydrogens (tertiary/aromatic N) is 2. The second-order valence-corrected chi connectivity index (χ2v) is 4.33. The lowest BCUT2D eigenvalue weighted by molar-refractivity contribution is -0.384. The minimum absolute atomic E-state index is 0.0204. The van der Waals surface area contributed by atoms with E-state index in [-0.39, 0.29) is 17.7 Å². The van der Waals surface area contributed by atoms with E-state index in [1.54, 1.807) is 21.0 Å². The molecule has 0 fully saturated rings. The van der Waals surface area contributed by atoms with E-state index in [2.05, 4.69) is 5.43 Å². The standard InChI is InChI=1S/C11H15F3N4O2/c1-4-6-9(15)7(11(12,13)14)5-8(18(19)20)10(6)16-17(2)3/h5,16H,4,15H2,1-3H3. The molecule has 112 valence electrons. The van der Waals surface area contributed by atoms with Gasteiger partial charge in [0.1, 0.15) is 5.69 Å². The van der Waals surface area contributed by atoms with Crippen LogP contribution in [0, 0.1) is 10.1 Å². The van der Waals surface area contributed by atoms with Crippen LogP contribution in [-0.2, 0) is 12.6 Å². The molecule has 6 nitrogen and oxygen atoms in total. The van der Waals surface area contributed by atoms with E-state index in [4.69, 9.17) is 5.73 Å². The molecule has 0 atom stereocenters. The Morgan fingerprint density at radius 3 is 2.35 bits per heavy atom. The van der Waals surface area contributed by atoms with Gasteiger partial charge in [0.2, 0.25) is 0 Å². The maximum atomic E-state index is 12.9.